The van der Waals surface area contributed by atoms with Crippen molar-refractivity contribution in [2.24, 2.45) is 0 Å². The second kappa shape index (κ2) is 10.1. The van der Waals surface area contributed by atoms with Crippen LogP contribution in [0, 0.1) is 0 Å². The predicted molar refractivity (Wildman–Crippen MR) is 122 cm³/mol. The number of aliphatic carboxylic acids is 1. The number of hydrogen-bond acceptors (Lipinski definition) is 3. The fraction of sp³-hybridized carbons (Fsp3) is 0.308. The molecule has 0 fully saturated rings. The average Bonchev–Trinajstić information content (AvgIpc) is 3.10. The van der Waals surface area contributed by atoms with Crippen LogP contribution in [-0.4, -0.2) is 29.3 Å². The van der Waals surface area contributed by atoms with Gasteiger partial charge in [-0.15, -0.1) is 6.58 Å². The van der Waals surface area contributed by atoms with Gasteiger partial charge in [-0.25, -0.2) is 9.59 Å². The number of ether oxygens (including phenoxy) is 1. The first kappa shape index (κ1) is 22.3. The van der Waals surface area contributed by atoms with Crippen LogP contribution in [0.25, 0.3) is 11.1 Å². The normalized spacial score (nSPS) is 14.5. The lowest BCUT2D eigenvalue weighted by Crippen LogP contribution is -2.54. The van der Waals surface area contributed by atoms with Crippen molar-refractivity contribution in [3.8, 4) is 11.1 Å². The Balaban J connectivity index is 1.74. The summed E-state index contributed by atoms with van der Waals surface area (Å²) in [7, 11) is 0. The largest absolute Gasteiger partial charge is 0.480 e. The molecule has 1 amide bonds. The van der Waals surface area contributed by atoms with Crippen molar-refractivity contribution in [1.29, 1.82) is 0 Å². The molecule has 5 nitrogen and oxygen atoms in total. The summed E-state index contributed by atoms with van der Waals surface area (Å²) in [5.74, 6) is -1.14. The fourth-order valence-electron chi connectivity index (χ4n) is 4.19. The van der Waals surface area contributed by atoms with E-state index in [4.69, 9.17) is 4.74 Å². The van der Waals surface area contributed by atoms with Gasteiger partial charge in [0.05, 0.1) is 0 Å². The van der Waals surface area contributed by atoms with Crippen LogP contribution >= 0.6 is 0 Å². The van der Waals surface area contributed by atoms with E-state index in [1.807, 2.05) is 55.5 Å². The molecule has 0 saturated heterocycles. The number of fused-ring (bicyclic) bond motifs is 3. The lowest BCUT2D eigenvalue weighted by atomic mass is 9.88. The SMILES string of the molecule is C=CCCC(CCC=CC)(NC(=O)OCC1c2ccccc2-c2ccccc21)C(=O)O. The van der Waals surface area contributed by atoms with Crippen LogP contribution in [0.4, 0.5) is 4.79 Å². The smallest absolute Gasteiger partial charge is 0.408 e. The van der Waals surface area contributed by atoms with E-state index in [-0.39, 0.29) is 25.4 Å². The van der Waals surface area contributed by atoms with Gasteiger partial charge in [0.1, 0.15) is 12.1 Å². The van der Waals surface area contributed by atoms with Gasteiger partial charge in [-0.3, -0.25) is 0 Å². The minimum Gasteiger partial charge on any atom is -0.480 e. The Hall–Kier alpha value is -3.34. The number of benzene rings is 2. The molecule has 0 heterocycles. The number of carboxylic acid groups (broad SMARTS) is 1. The van der Waals surface area contributed by atoms with E-state index in [1.165, 1.54) is 0 Å². The maximum Gasteiger partial charge on any atom is 0.408 e. The highest BCUT2D eigenvalue weighted by molar-refractivity contribution is 5.84. The summed E-state index contributed by atoms with van der Waals surface area (Å²) in [6, 6.07) is 16.2. The van der Waals surface area contributed by atoms with Crippen LogP contribution in [0.2, 0.25) is 0 Å². The molecular weight excluding hydrogens is 390 g/mol. The molecule has 1 aliphatic carbocycles. The number of carbonyl (C=O) groups excluding carboxylic acids is 1. The molecule has 2 aromatic carbocycles. The molecule has 0 aromatic heterocycles. The van der Waals surface area contributed by atoms with E-state index in [9.17, 15) is 14.7 Å². The number of carbonyl (C=O) groups is 2. The van der Waals surface area contributed by atoms with Crippen molar-refractivity contribution in [2.75, 3.05) is 6.61 Å². The second-order valence-corrected chi connectivity index (χ2v) is 7.77. The average molecular weight is 420 g/mol. The molecule has 0 radical (unpaired) electrons. The van der Waals surface area contributed by atoms with Gasteiger partial charge in [-0.1, -0.05) is 66.8 Å². The molecule has 3 rings (SSSR count). The Morgan fingerprint density at radius 1 is 1.06 bits per heavy atom. The Bertz CT molecular complexity index is 935. The van der Waals surface area contributed by atoms with E-state index in [1.54, 1.807) is 6.08 Å². The monoisotopic (exact) mass is 419 g/mol. The molecule has 2 aromatic rings. The zero-order valence-electron chi connectivity index (χ0n) is 17.8. The van der Waals surface area contributed by atoms with Gasteiger partial charge in [0.2, 0.25) is 0 Å². The van der Waals surface area contributed by atoms with Gasteiger partial charge in [0, 0.05) is 5.92 Å². The van der Waals surface area contributed by atoms with E-state index < -0.39 is 17.6 Å². The quantitative estimate of drug-likeness (QED) is 0.487. The minimum atomic E-state index is -1.39. The molecule has 0 bridgehead atoms. The zero-order chi connectivity index (χ0) is 22.3. The van der Waals surface area contributed by atoms with Gasteiger partial charge in [0.15, 0.2) is 0 Å². The first-order valence-electron chi connectivity index (χ1n) is 10.6. The number of alkyl carbamates (subject to hydrolysis) is 1. The fourth-order valence-corrected chi connectivity index (χ4v) is 4.19. The highest BCUT2D eigenvalue weighted by atomic mass is 16.5. The molecular formula is C26H29NO4. The summed E-state index contributed by atoms with van der Waals surface area (Å²) in [4.78, 5) is 24.8. The van der Waals surface area contributed by atoms with Crippen molar-refractivity contribution in [3.05, 3.63) is 84.5 Å². The molecule has 5 heteroatoms. The third-order valence-corrected chi connectivity index (χ3v) is 5.84. The van der Waals surface area contributed by atoms with Crippen molar-refractivity contribution in [1.82, 2.24) is 5.32 Å². The molecule has 0 saturated carbocycles. The molecule has 2 N–H and O–H groups in total. The summed E-state index contributed by atoms with van der Waals surface area (Å²) in [6.07, 6.45) is 6.27. The number of amides is 1. The predicted octanol–water partition coefficient (Wildman–Crippen LogP) is 5.67. The van der Waals surface area contributed by atoms with Gasteiger partial charge in [-0.2, -0.15) is 0 Å². The Morgan fingerprint density at radius 2 is 1.65 bits per heavy atom. The van der Waals surface area contributed by atoms with Crippen LogP contribution in [0.5, 0.6) is 0 Å². The number of rotatable bonds is 10. The van der Waals surface area contributed by atoms with Crippen LogP contribution < -0.4 is 5.32 Å². The lowest BCUT2D eigenvalue weighted by molar-refractivity contribution is -0.145. The van der Waals surface area contributed by atoms with Gasteiger partial charge < -0.3 is 15.2 Å². The maximum atomic E-state index is 12.7. The van der Waals surface area contributed by atoms with E-state index >= 15 is 0 Å². The highest BCUT2D eigenvalue weighted by Crippen LogP contribution is 2.44. The number of carboxylic acids is 1. The molecule has 0 spiro atoms. The molecule has 1 atom stereocenters. The summed E-state index contributed by atoms with van der Waals surface area (Å²) in [5.41, 5.74) is 3.12. The molecule has 31 heavy (non-hydrogen) atoms. The minimum absolute atomic E-state index is 0.0754. The molecule has 1 unspecified atom stereocenters. The topological polar surface area (TPSA) is 75.6 Å². The van der Waals surface area contributed by atoms with E-state index in [0.717, 1.165) is 22.3 Å². The van der Waals surface area contributed by atoms with Crippen molar-refractivity contribution in [3.63, 3.8) is 0 Å². The van der Waals surface area contributed by atoms with Gasteiger partial charge in [-0.05, 0) is 54.9 Å². The van der Waals surface area contributed by atoms with Crippen molar-refractivity contribution in [2.45, 2.75) is 44.1 Å². The summed E-state index contributed by atoms with van der Waals surface area (Å²) < 4.78 is 5.57. The summed E-state index contributed by atoms with van der Waals surface area (Å²) >= 11 is 0. The van der Waals surface area contributed by atoms with Gasteiger partial charge >= 0.3 is 12.1 Å². The van der Waals surface area contributed by atoms with E-state index in [0.29, 0.717) is 12.8 Å². The van der Waals surface area contributed by atoms with Gasteiger partial charge in [0.25, 0.3) is 0 Å². The number of hydrogen-bond donors (Lipinski definition) is 2. The van der Waals surface area contributed by atoms with Crippen molar-refractivity contribution >= 4 is 12.1 Å². The Kier molecular flexibility index (Phi) is 7.29. The third-order valence-electron chi connectivity index (χ3n) is 5.84. The zero-order valence-corrected chi connectivity index (χ0v) is 17.8. The highest BCUT2D eigenvalue weighted by Gasteiger charge is 2.39. The van der Waals surface area contributed by atoms with Crippen LogP contribution in [0.1, 0.15) is 49.7 Å². The molecule has 1 aliphatic rings. The van der Waals surface area contributed by atoms with E-state index in [2.05, 4.69) is 24.0 Å². The summed E-state index contributed by atoms with van der Waals surface area (Å²) in [6.45, 7) is 5.70. The Labute approximate surface area is 183 Å². The standard InChI is InChI=1S/C26H29NO4/c1-3-5-11-17-26(24(28)29,16-6-4-2)27-25(30)31-18-23-21-14-9-7-12-19(21)20-13-8-10-15-22(20)23/h3-5,7-10,12-15,23H,2,6,11,16-18H2,1H3,(H,27,30)(H,28,29). The van der Waals surface area contributed by atoms with Crippen molar-refractivity contribution < 1.29 is 19.4 Å². The summed E-state index contributed by atoms with van der Waals surface area (Å²) in [5, 5.41) is 12.6. The second-order valence-electron chi connectivity index (χ2n) is 7.77. The first-order valence-corrected chi connectivity index (χ1v) is 10.6. The Morgan fingerprint density at radius 3 is 2.19 bits per heavy atom. The third kappa shape index (κ3) is 4.88. The molecule has 162 valence electrons. The van der Waals surface area contributed by atoms with Crippen LogP contribution in [-0.2, 0) is 9.53 Å². The van der Waals surface area contributed by atoms with Crippen LogP contribution in [0.15, 0.2) is 73.3 Å². The van der Waals surface area contributed by atoms with Crippen LogP contribution in [0.3, 0.4) is 0 Å². The lowest BCUT2D eigenvalue weighted by Gasteiger charge is -2.30. The maximum absolute atomic E-state index is 12.7. The number of nitrogens with one attached hydrogen (secondary N) is 1. The number of allylic oxidation sites excluding steroid dienone is 3. The molecule has 0 aliphatic heterocycles. The first-order chi connectivity index (χ1) is 15.0.